The second-order valence-electron chi connectivity index (χ2n) is 16.8. The number of piperidine rings is 2. The molecule has 7 heterocycles. The molecule has 3 atom stereocenters. The first-order chi connectivity index (χ1) is 29.0. The summed E-state index contributed by atoms with van der Waals surface area (Å²) in [6.07, 6.45) is 5.79. The highest BCUT2D eigenvalue weighted by atomic mass is 19.3. The number of amides is 4. The SMILES string of the molecule is N[C@@H]1C[C@@H](F)CN(c2ccn3ncc(C(=O)Nc4cn(C5CCC(CCN6CCN(c7ccc8c(c7)CN(C7CCC(=O)NC7=O)C8=O)CC6)CC5)nc4C(F)F)c3n2)C1. The molecule has 0 radical (unpaired) electrons. The fourth-order valence-electron chi connectivity index (χ4n) is 9.55. The Morgan fingerprint density at radius 1 is 1.00 bits per heavy atom. The Kier molecular flexibility index (Phi) is 11.0. The number of halogens is 3. The Labute approximate surface area is 344 Å². The quantitative estimate of drug-likeness (QED) is 0.199. The van der Waals surface area contributed by atoms with Crippen molar-refractivity contribution in [2.24, 2.45) is 11.7 Å². The van der Waals surface area contributed by atoms with Crippen LogP contribution in [0, 0.1) is 5.92 Å². The van der Waals surface area contributed by atoms with Crippen LogP contribution in [0.5, 0.6) is 0 Å². The van der Waals surface area contributed by atoms with Crippen LogP contribution in [0.3, 0.4) is 0 Å². The number of alkyl halides is 3. The summed E-state index contributed by atoms with van der Waals surface area (Å²) < 4.78 is 45.8. The van der Waals surface area contributed by atoms with E-state index in [2.05, 4.69) is 41.7 Å². The molecule has 4 amide bonds. The van der Waals surface area contributed by atoms with Crippen molar-refractivity contribution >= 4 is 46.5 Å². The summed E-state index contributed by atoms with van der Waals surface area (Å²) in [6, 6.07) is 6.51. The third-order valence-corrected chi connectivity index (χ3v) is 12.9. The summed E-state index contributed by atoms with van der Waals surface area (Å²) in [4.78, 5) is 63.4. The number of aromatic nitrogens is 5. The lowest BCUT2D eigenvalue weighted by molar-refractivity contribution is -0.136. The molecule has 9 rings (SSSR count). The van der Waals surface area contributed by atoms with E-state index in [9.17, 15) is 32.3 Å². The van der Waals surface area contributed by atoms with Gasteiger partial charge >= 0.3 is 0 Å². The van der Waals surface area contributed by atoms with E-state index >= 15 is 0 Å². The molecule has 3 saturated heterocycles. The van der Waals surface area contributed by atoms with Crippen LogP contribution in [0.15, 0.2) is 42.9 Å². The van der Waals surface area contributed by atoms with Crippen molar-refractivity contribution in [2.45, 2.75) is 88.6 Å². The Hall–Kier alpha value is -5.56. The van der Waals surface area contributed by atoms with Crippen molar-refractivity contribution in [1.29, 1.82) is 0 Å². The Morgan fingerprint density at radius 3 is 2.55 bits per heavy atom. The average Bonchev–Trinajstić information content (AvgIpc) is 3.95. The highest BCUT2D eigenvalue weighted by molar-refractivity contribution is 6.08. The van der Waals surface area contributed by atoms with Gasteiger partial charge in [0, 0.05) is 75.4 Å². The van der Waals surface area contributed by atoms with E-state index in [1.165, 1.54) is 16.9 Å². The minimum absolute atomic E-state index is 0.0587. The van der Waals surface area contributed by atoms with Gasteiger partial charge in [0.1, 0.15) is 23.6 Å². The molecule has 4 aliphatic heterocycles. The number of fused-ring (bicyclic) bond motifs is 2. The van der Waals surface area contributed by atoms with E-state index < -0.39 is 36.1 Å². The molecule has 4 aromatic rings. The molecule has 0 bridgehead atoms. The van der Waals surface area contributed by atoms with Crippen molar-refractivity contribution in [3.63, 3.8) is 0 Å². The molecule has 16 nitrogen and oxygen atoms in total. The molecule has 0 spiro atoms. The average molecular weight is 831 g/mol. The van der Waals surface area contributed by atoms with Crippen LogP contribution in [0.4, 0.5) is 30.4 Å². The predicted octanol–water partition coefficient (Wildman–Crippen LogP) is 3.70. The fourth-order valence-corrected chi connectivity index (χ4v) is 9.55. The Bertz CT molecular complexity index is 2270. The number of hydrogen-bond acceptors (Lipinski definition) is 11. The van der Waals surface area contributed by atoms with Gasteiger partial charge in [-0.15, -0.1) is 0 Å². The second kappa shape index (κ2) is 16.5. The van der Waals surface area contributed by atoms with Crippen molar-refractivity contribution in [3.8, 4) is 0 Å². The second-order valence-corrected chi connectivity index (χ2v) is 16.8. The van der Waals surface area contributed by atoms with Gasteiger partial charge < -0.3 is 25.8 Å². The maximum absolute atomic E-state index is 14.3. The van der Waals surface area contributed by atoms with E-state index in [0.717, 1.165) is 76.1 Å². The first-order valence-corrected chi connectivity index (χ1v) is 20.9. The smallest absolute Gasteiger partial charge is 0.284 e. The lowest BCUT2D eigenvalue weighted by atomic mass is 9.84. The minimum Gasteiger partial charge on any atom is -0.369 e. The zero-order valence-electron chi connectivity index (χ0n) is 33.2. The number of carbonyl (C=O) groups is 4. The van der Waals surface area contributed by atoms with E-state index in [-0.39, 0.29) is 60.2 Å². The molecule has 60 heavy (non-hydrogen) atoms. The van der Waals surface area contributed by atoms with Crippen LogP contribution in [-0.4, -0.2) is 122 Å². The summed E-state index contributed by atoms with van der Waals surface area (Å²) >= 11 is 0. The van der Waals surface area contributed by atoms with E-state index in [1.54, 1.807) is 26.7 Å². The Balaban J connectivity index is 0.755. The third-order valence-electron chi connectivity index (χ3n) is 12.9. The van der Waals surface area contributed by atoms with E-state index in [0.29, 0.717) is 36.8 Å². The molecule has 19 heteroatoms. The number of carbonyl (C=O) groups excluding carboxylic acids is 4. The first kappa shape index (κ1) is 39.9. The van der Waals surface area contributed by atoms with Crippen LogP contribution in [-0.2, 0) is 16.1 Å². The van der Waals surface area contributed by atoms with E-state index in [4.69, 9.17) is 5.73 Å². The predicted molar refractivity (Wildman–Crippen MR) is 215 cm³/mol. The first-order valence-electron chi connectivity index (χ1n) is 20.9. The van der Waals surface area contributed by atoms with Crippen molar-refractivity contribution < 1.29 is 32.3 Å². The molecule has 1 saturated carbocycles. The standard InChI is InChI=1S/C41H49F3N12O4/c42-26-18-27(45)22-53(21-26)34-10-12-55-38(48-34)31(19-46-55)39(58)47-32-23-56(50-36(32)37(43)44)28-3-1-24(2-4-28)9-11-51-13-15-52(16-14-51)29-5-6-30-25(17-29)20-54(41(30)60)33-7-8-35(57)49-40(33)59/h5-6,10,12,17,19,23-24,26-28,33,37H,1-4,7-9,11,13-16,18,20-22,45H2,(H,47,58)(H,49,57,59)/t24?,26-,27-,28?,33?/m1/s1. The number of imide groups is 1. The highest BCUT2D eigenvalue weighted by Gasteiger charge is 2.39. The number of nitrogens with one attached hydrogen (secondary N) is 2. The molecule has 3 aromatic heterocycles. The summed E-state index contributed by atoms with van der Waals surface area (Å²) in [7, 11) is 0. The number of nitrogens with zero attached hydrogens (tertiary/aromatic N) is 9. The van der Waals surface area contributed by atoms with Crippen LogP contribution < -0.4 is 26.2 Å². The zero-order chi connectivity index (χ0) is 41.7. The van der Waals surface area contributed by atoms with Crippen LogP contribution >= 0.6 is 0 Å². The molecule has 4 fully saturated rings. The van der Waals surface area contributed by atoms with Crippen LogP contribution in [0.25, 0.3) is 5.65 Å². The van der Waals surface area contributed by atoms with Gasteiger partial charge in [-0.1, -0.05) is 0 Å². The molecule has 1 unspecified atom stereocenters. The Morgan fingerprint density at radius 2 is 1.80 bits per heavy atom. The molecular weight excluding hydrogens is 782 g/mol. The van der Waals surface area contributed by atoms with Gasteiger partial charge in [0.15, 0.2) is 11.3 Å². The molecule has 318 valence electrons. The monoisotopic (exact) mass is 830 g/mol. The fraction of sp³-hybridized carbons (Fsp3) is 0.537. The minimum atomic E-state index is -2.90. The maximum Gasteiger partial charge on any atom is 0.284 e. The largest absolute Gasteiger partial charge is 0.369 e. The van der Waals surface area contributed by atoms with Crippen molar-refractivity contribution in [3.05, 3.63) is 65.2 Å². The zero-order valence-corrected chi connectivity index (χ0v) is 33.2. The van der Waals surface area contributed by atoms with Gasteiger partial charge in [-0.25, -0.2) is 22.7 Å². The summed E-state index contributed by atoms with van der Waals surface area (Å²) in [6.45, 7) is 5.39. The number of piperazine rings is 1. The summed E-state index contributed by atoms with van der Waals surface area (Å²) in [5.74, 6) is -0.581. The van der Waals surface area contributed by atoms with Gasteiger partial charge in [-0.3, -0.25) is 34.1 Å². The molecule has 1 aliphatic carbocycles. The molecule has 1 aromatic carbocycles. The maximum atomic E-state index is 14.3. The topological polar surface area (TPSA) is 179 Å². The van der Waals surface area contributed by atoms with Crippen LogP contribution in [0.1, 0.15) is 95.8 Å². The van der Waals surface area contributed by atoms with Crippen molar-refractivity contribution in [2.75, 3.05) is 60.9 Å². The van der Waals surface area contributed by atoms with Gasteiger partial charge in [0.2, 0.25) is 11.8 Å². The molecular formula is C41H49F3N12O4. The summed E-state index contributed by atoms with van der Waals surface area (Å²) in [5, 5.41) is 13.4. The van der Waals surface area contributed by atoms with Gasteiger partial charge in [-0.2, -0.15) is 10.2 Å². The number of benzene rings is 1. The van der Waals surface area contributed by atoms with Gasteiger partial charge in [0.05, 0.1) is 24.5 Å². The number of hydrogen-bond donors (Lipinski definition) is 3. The van der Waals surface area contributed by atoms with E-state index in [1.807, 2.05) is 12.1 Å². The van der Waals surface area contributed by atoms with Crippen molar-refractivity contribution in [1.82, 2.24) is 39.5 Å². The number of nitrogens with two attached hydrogens (primary N) is 1. The number of rotatable bonds is 10. The van der Waals surface area contributed by atoms with Gasteiger partial charge in [0.25, 0.3) is 18.2 Å². The molecule has 5 aliphatic rings. The lowest BCUT2D eigenvalue weighted by Gasteiger charge is -2.37. The third kappa shape index (κ3) is 8.03. The highest BCUT2D eigenvalue weighted by Crippen LogP contribution is 2.37. The summed E-state index contributed by atoms with van der Waals surface area (Å²) in [5.41, 5.74) is 8.34. The van der Waals surface area contributed by atoms with Crippen LogP contribution in [0.2, 0.25) is 0 Å². The van der Waals surface area contributed by atoms with Gasteiger partial charge in [-0.05, 0) is 87.2 Å². The molecule has 4 N–H and O–H groups in total. The lowest BCUT2D eigenvalue weighted by Crippen LogP contribution is -2.52. The number of anilines is 3. The normalized spacial score (nSPS) is 25.3.